The lowest BCUT2D eigenvalue weighted by Gasteiger charge is -2.34. The second-order valence-corrected chi connectivity index (χ2v) is 7.45. The predicted molar refractivity (Wildman–Crippen MR) is 84.5 cm³/mol. The van der Waals surface area contributed by atoms with Crippen molar-refractivity contribution in [2.45, 2.75) is 13.3 Å². The standard InChI is InChI=1S/C15H21FN2O4S/c1-3-10-23(20,21)18-8-6-17(7-9-18)15(19)12-4-5-14(22-2)13(16)11-12/h4-5,11H,3,6-10H2,1-2H3. The average molecular weight is 344 g/mol. The Morgan fingerprint density at radius 1 is 1.26 bits per heavy atom. The second-order valence-electron chi connectivity index (χ2n) is 5.36. The Kier molecular flexibility index (Phi) is 5.59. The normalized spacial score (nSPS) is 16.4. The molecule has 1 fully saturated rings. The molecule has 1 aliphatic rings. The molecule has 8 heteroatoms. The van der Waals surface area contributed by atoms with Crippen LogP contribution in [0.4, 0.5) is 4.39 Å². The van der Waals surface area contributed by atoms with Gasteiger partial charge in [-0.1, -0.05) is 6.92 Å². The monoisotopic (exact) mass is 344 g/mol. The minimum Gasteiger partial charge on any atom is -0.494 e. The Hall–Kier alpha value is -1.67. The largest absolute Gasteiger partial charge is 0.494 e. The van der Waals surface area contributed by atoms with Gasteiger partial charge in [0.05, 0.1) is 12.9 Å². The number of hydrogen-bond acceptors (Lipinski definition) is 4. The van der Waals surface area contributed by atoms with Gasteiger partial charge in [-0.2, -0.15) is 4.31 Å². The first-order valence-corrected chi connectivity index (χ1v) is 9.10. The van der Waals surface area contributed by atoms with E-state index in [1.165, 1.54) is 23.5 Å². The van der Waals surface area contributed by atoms with Crippen LogP contribution < -0.4 is 4.74 Å². The molecular formula is C15H21FN2O4S. The summed E-state index contributed by atoms with van der Waals surface area (Å²) in [5.41, 5.74) is 0.230. The van der Waals surface area contributed by atoms with E-state index in [0.29, 0.717) is 19.5 Å². The summed E-state index contributed by atoms with van der Waals surface area (Å²) >= 11 is 0. The number of piperazine rings is 1. The van der Waals surface area contributed by atoms with Crippen LogP contribution in [0.15, 0.2) is 18.2 Å². The van der Waals surface area contributed by atoms with Crippen LogP contribution in [0.5, 0.6) is 5.75 Å². The maximum absolute atomic E-state index is 13.7. The Morgan fingerprint density at radius 2 is 1.91 bits per heavy atom. The number of amides is 1. The number of rotatable bonds is 5. The van der Waals surface area contributed by atoms with Crippen molar-refractivity contribution >= 4 is 15.9 Å². The van der Waals surface area contributed by atoms with Gasteiger partial charge in [-0.15, -0.1) is 0 Å². The van der Waals surface area contributed by atoms with E-state index in [1.54, 1.807) is 4.90 Å². The molecule has 1 aliphatic heterocycles. The first-order chi connectivity index (χ1) is 10.9. The van der Waals surface area contributed by atoms with Gasteiger partial charge in [-0.3, -0.25) is 4.79 Å². The molecule has 0 unspecified atom stereocenters. The summed E-state index contributed by atoms with van der Waals surface area (Å²) < 4.78 is 43.9. The fourth-order valence-corrected chi connectivity index (χ4v) is 4.03. The molecule has 23 heavy (non-hydrogen) atoms. The van der Waals surface area contributed by atoms with Crippen LogP contribution in [0.2, 0.25) is 0 Å². The summed E-state index contributed by atoms with van der Waals surface area (Å²) in [6.45, 7) is 2.96. The smallest absolute Gasteiger partial charge is 0.254 e. The van der Waals surface area contributed by atoms with Gasteiger partial charge in [0, 0.05) is 31.7 Å². The molecule has 1 aromatic carbocycles. The Balaban J connectivity index is 2.02. The van der Waals surface area contributed by atoms with Gasteiger partial charge in [-0.05, 0) is 24.6 Å². The molecule has 1 aromatic rings. The van der Waals surface area contributed by atoms with Gasteiger partial charge < -0.3 is 9.64 Å². The van der Waals surface area contributed by atoms with Crippen molar-refractivity contribution in [1.82, 2.24) is 9.21 Å². The Bertz CT molecular complexity index is 670. The molecular weight excluding hydrogens is 323 g/mol. The van der Waals surface area contributed by atoms with Gasteiger partial charge in [-0.25, -0.2) is 12.8 Å². The van der Waals surface area contributed by atoms with E-state index < -0.39 is 15.8 Å². The van der Waals surface area contributed by atoms with Crippen molar-refractivity contribution in [2.24, 2.45) is 0 Å². The van der Waals surface area contributed by atoms with Crippen LogP contribution in [-0.4, -0.2) is 62.6 Å². The molecule has 0 radical (unpaired) electrons. The molecule has 0 aliphatic carbocycles. The van der Waals surface area contributed by atoms with Crippen molar-refractivity contribution in [1.29, 1.82) is 0 Å². The molecule has 0 saturated carbocycles. The maximum atomic E-state index is 13.7. The molecule has 6 nitrogen and oxygen atoms in total. The molecule has 0 aromatic heterocycles. The van der Waals surface area contributed by atoms with Crippen molar-refractivity contribution in [2.75, 3.05) is 39.0 Å². The van der Waals surface area contributed by atoms with Gasteiger partial charge in [0.2, 0.25) is 10.0 Å². The maximum Gasteiger partial charge on any atom is 0.254 e. The highest BCUT2D eigenvalue weighted by Crippen LogP contribution is 2.19. The van der Waals surface area contributed by atoms with Crippen LogP contribution in [0, 0.1) is 5.82 Å². The zero-order valence-electron chi connectivity index (χ0n) is 13.3. The Labute approximate surface area is 135 Å². The van der Waals surface area contributed by atoms with Gasteiger partial charge >= 0.3 is 0 Å². The highest BCUT2D eigenvalue weighted by Gasteiger charge is 2.28. The lowest BCUT2D eigenvalue weighted by Crippen LogP contribution is -2.51. The number of carbonyl (C=O) groups excluding carboxylic acids is 1. The van der Waals surface area contributed by atoms with Crippen LogP contribution in [0.3, 0.4) is 0 Å². The lowest BCUT2D eigenvalue weighted by molar-refractivity contribution is 0.0697. The zero-order valence-corrected chi connectivity index (χ0v) is 14.1. The van der Waals surface area contributed by atoms with Gasteiger partial charge in [0.15, 0.2) is 11.6 Å². The number of hydrogen-bond donors (Lipinski definition) is 0. The third kappa shape index (κ3) is 4.00. The molecule has 1 amide bonds. The summed E-state index contributed by atoms with van der Waals surface area (Å²) in [5, 5.41) is 0. The number of ether oxygens (including phenoxy) is 1. The highest BCUT2D eigenvalue weighted by molar-refractivity contribution is 7.89. The van der Waals surface area contributed by atoms with Crippen LogP contribution in [-0.2, 0) is 10.0 Å². The van der Waals surface area contributed by atoms with E-state index in [0.717, 1.165) is 6.07 Å². The topological polar surface area (TPSA) is 66.9 Å². The minimum absolute atomic E-state index is 0.0806. The summed E-state index contributed by atoms with van der Waals surface area (Å²) in [5.74, 6) is -0.705. The first-order valence-electron chi connectivity index (χ1n) is 7.49. The molecule has 0 N–H and O–H groups in total. The summed E-state index contributed by atoms with van der Waals surface area (Å²) in [4.78, 5) is 13.9. The van der Waals surface area contributed by atoms with E-state index in [2.05, 4.69) is 0 Å². The van der Waals surface area contributed by atoms with Gasteiger partial charge in [0.25, 0.3) is 5.91 Å². The third-order valence-corrected chi connectivity index (χ3v) is 5.86. The van der Waals surface area contributed by atoms with E-state index in [-0.39, 0.29) is 36.1 Å². The van der Waals surface area contributed by atoms with Crippen LogP contribution >= 0.6 is 0 Å². The van der Waals surface area contributed by atoms with Crippen molar-refractivity contribution in [3.8, 4) is 5.75 Å². The summed E-state index contributed by atoms with van der Waals surface area (Å²) in [6, 6.07) is 4.05. The van der Waals surface area contributed by atoms with Crippen LogP contribution in [0.25, 0.3) is 0 Å². The lowest BCUT2D eigenvalue weighted by atomic mass is 10.1. The number of benzene rings is 1. The molecule has 2 rings (SSSR count). The quantitative estimate of drug-likeness (QED) is 0.808. The third-order valence-electron chi connectivity index (χ3n) is 3.78. The van der Waals surface area contributed by atoms with E-state index in [4.69, 9.17) is 4.74 Å². The van der Waals surface area contributed by atoms with Crippen molar-refractivity contribution < 1.29 is 22.3 Å². The highest BCUT2D eigenvalue weighted by atomic mass is 32.2. The average Bonchev–Trinajstić information content (AvgIpc) is 2.54. The number of methoxy groups -OCH3 is 1. The number of sulfonamides is 1. The second kappa shape index (κ2) is 7.27. The number of nitrogens with zero attached hydrogens (tertiary/aromatic N) is 2. The summed E-state index contributed by atoms with van der Waals surface area (Å²) in [6.07, 6.45) is 0.562. The fraction of sp³-hybridized carbons (Fsp3) is 0.533. The molecule has 0 bridgehead atoms. The molecule has 128 valence electrons. The molecule has 0 spiro atoms. The van der Waals surface area contributed by atoms with Crippen molar-refractivity contribution in [3.63, 3.8) is 0 Å². The summed E-state index contributed by atoms with van der Waals surface area (Å²) in [7, 11) is -1.89. The van der Waals surface area contributed by atoms with Gasteiger partial charge in [0.1, 0.15) is 0 Å². The van der Waals surface area contributed by atoms with Crippen LogP contribution in [0.1, 0.15) is 23.7 Å². The number of carbonyl (C=O) groups is 1. The number of halogens is 1. The van der Waals surface area contributed by atoms with E-state index >= 15 is 0 Å². The molecule has 1 saturated heterocycles. The van der Waals surface area contributed by atoms with E-state index in [9.17, 15) is 17.6 Å². The van der Waals surface area contributed by atoms with Crippen molar-refractivity contribution in [3.05, 3.63) is 29.6 Å². The SMILES string of the molecule is CCCS(=O)(=O)N1CCN(C(=O)c2ccc(OC)c(F)c2)CC1. The fourth-order valence-electron chi connectivity index (χ4n) is 2.54. The first kappa shape index (κ1) is 17.7. The Morgan fingerprint density at radius 3 is 2.43 bits per heavy atom. The molecule has 1 heterocycles. The predicted octanol–water partition coefficient (Wildman–Crippen LogP) is 1.33. The van der Waals surface area contributed by atoms with E-state index in [1.807, 2.05) is 6.92 Å². The zero-order chi connectivity index (χ0) is 17.0. The molecule has 0 atom stereocenters. The minimum atomic E-state index is -3.24.